The van der Waals surface area contributed by atoms with Gasteiger partial charge in [-0.1, -0.05) is 18.2 Å². The third kappa shape index (κ3) is 5.96. The van der Waals surface area contributed by atoms with Gasteiger partial charge in [0.05, 0.1) is 0 Å². The lowest BCUT2D eigenvalue weighted by Crippen LogP contribution is -2.38. The van der Waals surface area contributed by atoms with Gasteiger partial charge in [-0.25, -0.2) is 8.78 Å². The van der Waals surface area contributed by atoms with Crippen LogP contribution >= 0.6 is 0 Å². The lowest BCUT2D eigenvalue weighted by Gasteiger charge is -2.16. The van der Waals surface area contributed by atoms with E-state index in [1.807, 2.05) is 25.1 Å². The van der Waals surface area contributed by atoms with Crippen molar-refractivity contribution in [3.05, 3.63) is 29.8 Å². The first-order valence-electron chi connectivity index (χ1n) is 6.04. The van der Waals surface area contributed by atoms with Crippen molar-refractivity contribution in [3.8, 4) is 5.75 Å². The van der Waals surface area contributed by atoms with Crippen molar-refractivity contribution in [2.24, 2.45) is 0 Å². The van der Waals surface area contributed by atoms with E-state index in [0.717, 1.165) is 5.56 Å². The zero-order chi connectivity index (χ0) is 14.3. The normalized spacial score (nSPS) is 14.4. The molecule has 4 nitrogen and oxygen atoms in total. The van der Waals surface area contributed by atoms with E-state index in [4.69, 9.17) is 9.84 Å². The van der Waals surface area contributed by atoms with E-state index < -0.39 is 18.6 Å². The summed E-state index contributed by atoms with van der Waals surface area (Å²) >= 11 is 0. The maximum Gasteiger partial charge on any atom is 0.265 e. The van der Waals surface area contributed by atoms with E-state index in [-0.39, 0.29) is 19.7 Å². The van der Waals surface area contributed by atoms with Crippen LogP contribution in [0.3, 0.4) is 0 Å². The quantitative estimate of drug-likeness (QED) is 0.661. The van der Waals surface area contributed by atoms with Crippen LogP contribution in [-0.4, -0.2) is 48.5 Å². The molecule has 2 atom stereocenters. The molecule has 0 aromatic heterocycles. The van der Waals surface area contributed by atoms with Crippen molar-refractivity contribution in [2.75, 3.05) is 19.7 Å². The maximum atomic E-state index is 12.0. The van der Waals surface area contributed by atoms with Crippen LogP contribution in [0.1, 0.15) is 5.56 Å². The van der Waals surface area contributed by atoms with Crippen LogP contribution in [0.4, 0.5) is 8.78 Å². The number of alkyl halides is 2. The number of halogens is 2. The van der Waals surface area contributed by atoms with Gasteiger partial charge in [0.25, 0.3) is 6.43 Å². The van der Waals surface area contributed by atoms with Crippen LogP contribution in [0, 0.1) is 6.92 Å². The van der Waals surface area contributed by atoms with Gasteiger partial charge in [-0.05, 0) is 18.6 Å². The predicted octanol–water partition coefficient (Wildman–Crippen LogP) is 0.950. The first-order chi connectivity index (χ1) is 9.00. The molecule has 0 fully saturated rings. The number of aliphatic hydroxyl groups excluding tert-OH is 2. The molecule has 0 amide bonds. The summed E-state index contributed by atoms with van der Waals surface area (Å²) in [5.74, 6) is 0.675. The Labute approximate surface area is 111 Å². The van der Waals surface area contributed by atoms with Crippen LogP contribution < -0.4 is 10.1 Å². The molecule has 0 saturated carbocycles. The fraction of sp³-hybridized carbons (Fsp3) is 0.538. The molecule has 0 aliphatic heterocycles. The van der Waals surface area contributed by atoms with Gasteiger partial charge in [0.15, 0.2) is 0 Å². The van der Waals surface area contributed by atoms with Crippen molar-refractivity contribution in [1.29, 1.82) is 0 Å². The summed E-state index contributed by atoms with van der Waals surface area (Å²) in [6.45, 7) is 1.76. The SMILES string of the molecule is Cc1ccccc1OCC(O)CNCC(O)C(F)F. The Kier molecular flexibility index (Phi) is 6.69. The highest BCUT2D eigenvalue weighted by Gasteiger charge is 2.16. The highest BCUT2D eigenvalue weighted by Crippen LogP contribution is 2.16. The van der Waals surface area contributed by atoms with E-state index in [0.29, 0.717) is 5.75 Å². The number of benzene rings is 1. The molecule has 108 valence electrons. The molecule has 0 radical (unpaired) electrons. The number of hydrogen-bond acceptors (Lipinski definition) is 4. The van der Waals surface area contributed by atoms with Gasteiger partial charge in [-0.15, -0.1) is 0 Å². The molecule has 1 rings (SSSR count). The molecule has 19 heavy (non-hydrogen) atoms. The second kappa shape index (κ2) is 8.04. The van der Waals surface area contributed by atoms with Gasteiger partial charge in [0.2, 0.25) is 0 Å². The Morgan fingerprint density at radius 3 is 2.53 bits per heavy atom. The molecule has 1 aromatic rings. The predicted molar refractivity (Wildman–Crippen MR) is 67.6 cm³/mol. The van der Waals surface area contributed by atoms with Crippen LogP contribution in [0.15, 0.2) is 24.3 Å². The zero-order valence-corrected chi connectivity index (χ0v) is 10.7. The highest BCUT2D eigenvalue weighted by atomic mass is 19.3. The molecule has 0 aliphatic rings. The summed E-state index contributed by atoms with van der Waals surface area (Å²) in [6.07, 6.45) is -5.33. The summed E-state index contributed by atoms with van der Waals surface area (Å²) < 4.78 is 29.4. The summed E-state index contributed by atoms with van der Waals surface area (Å²) in [5.41, 5.74) is 0.954. The van der Waals surface area contributed by atoms with Crippen LogP contribution in [0.25, 0.3) is 0 Å². The molecule has 1 aromatic carbocycles. The lowest BCUT2D eigenvalue weighted by atomic mass is 10.2. The van der Waals surface area contributed by atoms with E-state index in [1.54, 1.807) is 6.07 Å². The Balaban J connectivity index is 2.21. The maximum absolute atomic E-state index is 12.0. The largest absolute Gasteiger partial charge is 0.491 e. The Morgan fingerprint density at radius 2 is 1.89 bits per heavy atom. The number of nitrogens with one attached hydrogen (secondary N) is 1. The van der Waals surface area contributed by atoms with E-state index in [9.17, 15) is 13.9 Å². The smallest absolute Gasteiger partial charge is 0.265 e. The third-order valence-corrected chi connectivity index (χ3v) is 2.55. The molecule has 0 aliphatic carbocycles. The van der Waals surface area contributed by atoms with Gasteiger partial charge >= 0.3 is 0 Å². The van der Waals surface area contributed by atoms with E-state index >= 15 is 0 Å². The summed E-state index contributed by atoms with van der Waals surface area (Å²) in [6, 6.07) is 7.38. The minimum atomic E-state index is -2.78. The topological polar surface area (TPSA) is 61.7 Å². The molecular weight excluding hydrogens is 256 g/mol. The number of aryl methyl sites for hydroxylation is 1. The minimum absolute atomic E-state index is 0.0582. The summed E-state index contributed by atoms with van der Waals surface area (Å²) in [7, 11) is 0. The fourth-order valence-electron chi connectivity index (χ4n) is 1.45. The van der Waals surface area contributed by atoms with Crippen LogP contribution in [0.5, 0.6) is 5.75 Å². The first-order valence-corrected chi connectivity index (χ1v) is 6.04. The van der Waals surface area contributed by atoms with Crippen molar-refractivity contribution in [2.45, 2.75) is 25.6 Å². The lowest BCUT2D eigenvalue weighted by molar-refractivity contribution is -0.00530. The number of hydrogen-bond donors (Lipinski definition) is 3. The number of rotatable bonds is 8. The van der Waals surface area contributed by atoms with Crippen molar-refractivity contribution < 1.29 is 23.7 Å². The number of aliphatic hydroxyl groups is 2. The van der Waals surface area contributed by atoms with Gasteiger partial charge < -0.3 is 20.3 Å². The Morgan fingerprint density at radius 1 is 1.21 bits per heavy atom. The molecule has 0 saturated heterocycles. The molecular formula is C13H19F2NO3. The van der Waals surface area contributed by atoms with E-state index in [2.05, 4.69) is 5.32 Å². The van der Waals surface area contributed by atoms with Crippen molar-refractivity contribution >= 4 is 0 Å². The van der Waals surface area contributed by atoms with Gasteiger partial charge in [-0.3, -0.25) is 0 Å². The standard InChI is InChI=1S/C13H19F2NO3/c1-9-4-2-3-5-12(9)19-8-10(17)6-16-7-11(18)13(14)15/h2-5,10-11,13,16-18H,6-8H2,1H3. The third-order valence-electron chi connectivity index (χ3n) is 2.55. The Bertz CT molecular complexity index is 377. The van der Waals surface area contributed by atoms with E-state index in [1.165, 1.54) is 0 Å². The van der Waals surface area contributed by atoms with Gasteiger partial charge in [-0.2, -0.15) is 0 Å². The molecule has 0 bridgehead atoms. The summed E-state index contributed by atoms with van der Waals surface area (Å²) in [4.78, 5) is 0. The summed E-state index contributed by atoms with van der Waals surface area (Å²) in [5, 5.41) is 21.0. The monoisotopic (exact) mass is 275 g/mol. The van der Waals surface area contributed by atoms with Gasteiger partial charge in [0.1, 0.15) is 24.6 Å². The van der Waals surface area contributed by atoms with Gasteiger partial charge in [0, 0.05) is 13.1 Å². The minimum Gasteiger partial charge on any atom is -0.491 e. The van der Waals surface area contributed by atoms with Crippen molar-refractivity contribution in [1.82, 2.24) is 5.32 Å². The van der Waals surface area contributed by atoms with Crippen molar-refractivity contribution in [3.63, 3.8) is 0 Å². The molecule has 6 heteroatoms. The molecule has 3 N–H and O–H groups in total. The van der Waals surface area contributed by atoms with Crippen LogP contribution in [-0.2, 0) is 0 Å². The highest BCUT2D eigenvalue weighted by molar-refractivity contribution is 5.31. The first kappa shape index (κ1) is 15.8. The average Bonchev–Trinajstić information content (AvgIpc) is 2.37. The second-order valence-electron chi connectivity index (χ2n) is 4.29. The number of ether oxygens (including phenoxy) is 1. The molecule has 2 unspecified atom stereocenters. The Hall–Kier alpha value is -1.24. The second-order valence-corrected chi connectivity index (χ2v) is 4.29. The molecule has 0 heterocycles. The molecule has 0 spiro atoms. The average molecular weight is 275 g/mol. The van der Waals surface area contributed by atoms with Crippen LogP contribution in [0.2, 0.25) is 0 Å². The zero-order valence-electron chi connectivity index (χ0n) is 10.7. The fourth-order valence-corrected chi connectivity index (χ4v) is 1.45. The number of para-hydroxylation sites is 1.